The highest BCUT2D eigenvalue weighted by Crippen LogP contribution is 2.15. The molecule has 0 fully saturated rings. The van der Waals surface area contributed by atoms with Gasteiger partial charge in [0.25, 0.3) is 0 Å². The average Bonchev–Trinajstić information content (AvgIpc) is 3.49. The van der Waals surface area contributed by atoms with Crippen LogP contribution < -0.4 is 0 Å². The van der Waals surface area contributed by atoms with E-state index in [0.717, 1.165) is 135 Å². The summed E-state index contributed by atoms with van der Waals surface area (Å²) in [4.78, 5) is 38.4. The molecule has 0 amide bonds. The number of esters is 3. The molecule has 1 unspecified atom stereocenters. The summed E-state index contributed by atoms with van der Waals surface area (Å²) in [5, 5.41) is 0. The number of hydrogen-bond donors (Lipinski definition) is 0. The molecule has 6 heteroatoms. The second-order valence-corrected chi connectivity index (χ2v) is 22.0. The van der Waals surface area contributed by atoms with Crippen molar-refractivity contribution in [3.05, 3.63) is 158 Å². The summed E-state index contributed by atoms with van der Waals surface area (Å²) in [6.07, 6.45) is 101. The molecule has 0 aliphatic carbocycles. The van der Waals surface area contributed by atoms with E-state index in [1.807, 2.05) is 0 Å². The first-order valence-electron chi connectivity index (χ1n) is 34.0. The van der Waals surface area contributed by atoms with Gasteiger partial charge >= 0.3 is 17.9 Å². The highest BCUT2D eigenvalue weighted by molar-refractivity contribution is 5.71. The lowest BCUT2D eigenvalue weighted by molar-refractivity contribution is -0.167. The number of carbonyl (C=O) groups is 3. The Kier molecular flexibility index (Phi) is 65.4. The topological polar surface area (TPSA) is 78.9 Å². The Morgan fingerprint density at radius 1 is 0.253 bits per heavy atom. The quantitative estimate of drug-likeness (QED) is 0.0261. The van der Waals surface area contributed by atoms with Crippen LogP contribution in [0.4, 0.5) is 0 Å². The third-order valence-corrected chi connectivity index (χ3v) is 14.0. The summed E-state index contributed by atoms with van der Waals surface area (Å²) in [6.45, 7) is 6.35. The van der Waals surface area contributed by atoms with Gasteiger partial charge in [-0.3, -0.25) is 14.4 Å². The minimum atomic E-state index is -0.819. The van der Waals surface area contributed by atoms with Crippen LogP contribution >= 0.6 is 0 Å². The summed E-state index contributed by atoms with van der Waals surface area (Å²) in [5.41, 5.74) is 0. The SMILES string of the molecule is CC/C=C\C/C=C\C/C=C\C/C=C\C/C=C\C/C=C\CCCCCCCCC(=O)OCC(COC(=O)CCC/C=C\C/C=C\C/C=C\C/C=C\C/C=C\CC)OC(=O)CCCCCCCCCCCCC/C=C\C/C=C\CCCCCCC. The summed E-state index contributed by atoms with van der Waals surface area (Å²) >= 11 is 0. The Balaban J connectivity index is 4.49. The maximum absolute atomic E-state index is 13.0. The van der Waals surface area contributed by atoms with Crippen molar-refractivity contribution in [3.63, 3.8) is 0 Å². The molecular weight excluding hydrogens is 1020 g/mol. The van der Waals surface area contributed by atoms with Gasteiger partial charge in [-0.25, -0.2) is 0 Å². The first-order valence-corrected chi connectivity index (χ1v) is 34.0. The Morgan fingerprint density at radius 3 is 0.783 bits per heavy atom. The number of ether oxygens (including phenoxy) is 3. The fraction of sp³-hybridized carbons (Fsp3) is 0.623. The van der Waals surface area contributed by atoms with E-state index in [1.165, 1.54) is 109 Å². The second-order valence-electron chi connectivity index (χ2n) is 22.0. The first kappa shape index (κ1) is 78.0. The second kappa shape index (κ2) is 69.5. The largest absolute Gasteiger partial charge is 0.462 e. The van der Waals surface area contributed by atoms with Crippen molar-refractivity contribution in [2.75, 3.05) is 13.2 Å². The summed E-state index contributed by atoms with van der Waals surface area (Å²) in [7, 11) is 0. The van der Waals surface area contributed by atoms with Crippen molar-refractivity contribution >= 4 is 17.9 Å². The Hall–Kier alpha value is -4.97. The monoisotopic (exact) mass is 1140 g/mol. The van der Waals surface area contributed by atoms with Crippen molar-refractivity contribution in [3.8, 4) is 0 Å². The summed E-state index contributed by atoms with van der Waals surface area (Å²) in [5.74, 6) is -0.984. The summed E-state index contributed by atoms with van der Waals surface area (Å²) < 4.78 is 16.9. The number of unbranched alkanes of at least 4 members (excludes halogenated alkanes) is 23. The van der Waals surface area contributed by atoms with Crippen LogP contribution in [0, 0.1) is 0 Å². The van der Waals surface area contributed by atoms with E-state index in [1.54, 1.807) is 0 Å². The van der Waals surface area contributed by atoms with Gasteiger partial charge in [0.2, 0.25) is 0 Å². The van der Waals surface area contributed by atoms with Crippen LogP contribution in [0.1, 0.15) is 290 Å². The molecule has 0 rings (SSSR count). The highest BCUT2D eigenvalue weighted by Gasteiger charge is 2.19. The number of allylic oxidation sites excluding steroid dienone is 26. The van der Waals surface area contributed by atoms with Crippen molar-refractivity contribution in [2.45, 2.75) is 297 Å². The van der Waals surface area contributed by atoms with Gasteiger partial charge in [-0.1, -0.05) is 288 Å². The van der Waals surface area contributed by atoms with Crippen LogP contribution in [-0.4, -0.2) is 37.2 Å². The lowest BCUT2D eigenvalue weighted by Gasteiger charge is -2.18. The fourth-order valence-electron chi connectivity index (χ4n) is 8.98. The first-order chi connectivity index (χ1) is 41.0. The minimum absolute atomic E-state index is 0.110. The molecule has 0 aliphatic heterocycles. The molecule has 0 radical (unpaired) electrons. The van der Waals surface area contributed by atoms with Gasteiger partial charge in [0.05, 0.1) is 0 Å². The third kappa shape index (κ3) is 67.7. The normalized spacial score (nSPS) is 13.1. The average molecular weight is 1150 g/mol. The van der Waals surface area contributed by atoms with Gasteiger partial charge in [-0.15, -0.1) is 0 Å². The molecule has 0 saturated heterocycles. The van der Waals surface area contributed by atoms with Crippen LogP contribution in [0.2, 0.25) is 0 Å². The van der Waals surface area contributed by atoms with E-state index in [-0.39, 0.29) is 37.5 Å². The zero-order valence-electron chi connectivity index (χ0n) is 53.7. The molecule has 0 spiro atoms. The van der Waals surface area contributed by atoms with E-state index >= 15 is 0 Å². The fourth-order valence-corrected chi connectivity index (χ4v) is 8.98. The predicted molar refractivity (Wildman–Crippen MR) is 362 cm³/mol. The van der Waals surface area contributed by atoms with E-state index in [4.69, 9.17) is 14.2 Å². The Labute approximate surface area is 511 Å². The molecule has 6 nitrogen and oxygen atoms in total. The van der Waals surface area contributed by atoms with E-state index in [9.17, 15) is 14.4 Å². The van der Waals surface area contributed by atoms with E-state index in [2.05, 4.69) is 179 Å². The molecule has 0 heterocycles. The molecular formula is C77H124O6. The van der Waals surface area contributed by atoms with Crippen LogP contribution in [0.25, 0.3) is 0 Å². The lowest BCUT2D eigenvalue weighted by Crippen LogP contribution is -2.30. The Morgan fingerprint density at radius 2 is 0.482 bits per heavy atom. The molecule has 0 N–H and O–H groups in total. The van der Waals surface area contributed by atoms with Crippen LogP contribution in [0.3, 0.4) is 0 Å². The minimum Gasteiger partial charge on any atom is -0.462 e. The van der Waals surface area contributed by atoms with Crippen LogP contribution in [0.15, 0.2) is 158 Å². The third-order valence-electron chi connectivity index (χ3n) is 14.0. The zero-order valence-corrected chi connectivity index (χ0v) is 53.7. The van der Waals surface area contributed by atoms with Gasteiger partial charge < -0.3 is 14.2 Å². The van der Waals surface area contributed by atoms with Gasteiger partial charge in [0.15, 0.2) is 6.10 Å². The maximum Gasteiger partial charge on any atom is 0.306 e. The van der Waals surface area contributed by atoms with Gasteiger partial charge in [0.1, 0.15) is 13.2 Å². The van der Waals surface area contributed by atoms with Crippen LogP contribution in [0.5, 0.6) is 0 Å². The van der Waals surface area contributed by atoms with E-state index < -0.39 is 6.10 Å². The molecule has 0 saturated carbocycles. The zero-order chi connectivity index (χ0) is 59.9. The van der Waals surface area contributed by atoms with Crippen molar-refractivity contribution in [2.24, 2.45) is 0 Å². The van der Waals surface area contributed by atoms with Gasteiger partial charge in [-0.2, -0.15) is 0 Å². The molecule has 0 aliphatic rings. The maximum atomic E-state index is 13.0. The van der Waals surface area contributed by atoms with Crippen molar-refractivity contribution in [1.82, 2.24) is 0 Å². The van der Waals surface area contributed by atoms with Gasteiger partial charge in [0, 0.05) is 19.3 Å². The molecule has 83 heavy (non-hydrogen) atoms. The van der Waals surface area contributed by atoms with Crippen molar-refractivity contribution in [1.29, 1.82) is 0 Å². The molecule has 0 aromatic rings. The van der Waals surface area contributed by atoms with Crippen LogP contribution in [-0.2, 0) is 28.6 Å². The summed E-state index contributed by atoms with van der Waals surface area (Å²) in [6, 6.07) is 0. The number of rotatable bonds is 60. The predicted octanol–water partition coefficient (Wildman–Crippen LogP) is 23.7. The molecule has 468 valence electrons. The lowest BCUT2D eigenvalue weighted by atomic mass is 10.0. The smallest absolute Gasteiger partial charge is 0.306 e. The molecule has 0 aromatic heterocycles. The molecule has 0 aromatic carbocycles. The number of hydrogen-bond acceptors (Lipinski definition) is 6. The Bertz CT molecular complexity index is 1840. The standard InChI is InChI=1S/C77H124O6/c1-4-7-10-13-16-19-22-25-28-31-33-35-37-38-40-41-43-46-49-52-55-58-61-64-67-70-76(79)82-73-74(72-81-75(78)69-66-63-60-57-54-51-48-45-30-27-24-21-18-15-12-9-6-3)83-77(80)71-68-65-62-59-56-53-50-47-44-42-39-36-34-32-29-26-23-20-17-14-11-8-5-2/h7,9-10,12,16,18-19,21,23,25-28,30,32-35,38,40,43,46,48,51,57,60,74H,4-6,8,11,13-15,17,20,22,24,29,31,36-37,39,41-42,44-45,47,49-50,52-56,58-59,61-73H2,1-3H3/b10-7-,12-9-,19-16-,21-18-,26-23-,28-25-,30-27-,34-32-,35-33-,40-38-,46-43-,51-48-,60-57-. The van der Waals surface area contributed by atoms with E-state index in [0.29, 0.717) is 19.3 Å². The molecule has 0 bridgehead atoms. The molecule has 1 atom stereocenters. The van der Waals surface area contributed by atoms with Gasteiger partial charge in [-0.05, 0) is 141 Å². The highest BCUT2D eigenvalue weighted by atomic mass is 16.6. The van der Waals surface area contributed by atoms with Crippen molar-refractivity contribution < 1.29 is 28.6 Å². The number of carbonyl (C=O) groups excluding carboxylic acids is 3.